The number of carbonyl (C=O) groups excluding carboxylic acids is 1. The molecule has 0 radical (unpaired) electrons. The Balaban J connectivity index is 1.79. The lowest BCUT2D eigenvalue weighted by Gasteiger charge is -2.12. The van der Waals surface area contributed by atoms with Gasteiger partial charge in [-0.25, -0.2) is 8.42 Å². The van der Waals surface area contributed by atoms with Crippen molar-refractivity contribution in [1.82, 2.24) is 0 Å². The summed E-state index contributed by atoms with van der Waals surface area (Å²) in [5.41, 5.74) is 2.27. The Hall–Kier alpha value is -2.77. The first-order valence-electron chi connectivity index (χ1n) is 8.53. The summed E-state index contributed by atoms with van der Waals surface area (Å²) in [6.07, 6.45) is 1.93. The number of rotatable bonds is 6. The van der Waals surface area contributed by atoms with Crippen LogP contribution in [0.2, 0.25) is 0 Å². The molecule has 0 aliphatic carbocycles. The summed E-state index contributed by atoms with van der Waals surface area (Å²) < 4.78 is 28.0. The fraction of sp³-hybridized carbons (Fsp3) is 0.0952. The van der Waals surface area contributed by atoms with Crippen molar-refractivity contribution in [2.75, 3.05) is 16.3 Å². The summed E-state index contributed by atoms with van der Waals surface area (Å²) in [4.78, 5) is 13.4. The SMILES string of the molecule is CSc1cccc(NS(=O)(=O)c2ccc(NC(=O)c3ccccc3)c(C)c2)c1. The van der Waals surface area contributed by atoms with Gasteiger partial charge in [0.1, 0.15) is 0 Å². The zero-order chi connectivity index (χ0) is 20.1. The number of anilines is 2. The van der Waals surface area contributed by atoms with E-state index in [0.29, 0.717) is 22.5 Å². The van der Waals surface area contributed by atoms with Crippen LogP contribution in [-0.4, -0.2) is 20.6 Å². The molecule has 0 unspecified atom stereocenters. The van der Waals surface area contributed by atoms with Gasteiger partial charge in [0.25, 0.3) is 15.9 Å². The molecule has 0 saturated heterocycles. The number of amides is 1. The minimum Gasteiger partial charge on any atom is -0.322 e. The van der Waals surface area contributed by atoms with E-state index in [2.05, 4.69) is 10.0 Å². The Labute approximate surface area is 169 Å². The number of hydrogen-bond donors (Lipinski definition) is 2. The molecule has 3 aromatic carbocycles. The molecule has 0 fully saturated rings. The van der Waals surface area contributed by atoms with Crippen LogP contribution in [0.4, 0.5) is 11.4 Å². The fourth-order valence-electron chi connectivity index (χ4n) is 2.63. The van der Waals surface area contributed by atoms with Gasteiger partial charge in [0.15, 0.2) is 0 Å². The van der Waals surface area contributed by atoms with Crippen LogP contribution >= 0.6 is 11.8 Å². The van der Waals surface area contributed by atoms with Gasteiger partial charge in [0.05, 0.1) is 4.90 Å². The topological polar surface area (TPSA) is 75.3 Å². The second-order valence-corrected chi connectivity index (χ2v) is 8.70. The number of thioether (sulfide) groups is 1. The quantitative estimate of drug-likeness (QED) is 0.572. The Morgan fingerprint density at radius 2 is 1.68 bits per heavy atom. The van der Waals surface area contributed by atoms with E-state index in [0.717, 1.165) is 4.90 Å². The van der Waals surface area contributed by atoms with Crippen molar-refractivity contribution in [3.05, 3.63) is 83.9 Å². The molecule has 1 amide bonds. The van der Waals surface area contributed by atoms with E-state index in [9.17, 15) is 13.2 Å². The second kappa shape index (κ2) is 8.50. The number of carbonyl (C=O) groups is 1. The van der Waals surface area contributed by atoms with E-state index < -0.39 is 10.0 Å². The van der Waals surface area contributed by atoms with Gasteiger partial charge in [-0.05, 0) is 67.3 Å². The maximum atomic E-state index is 12.7. The van der Waals surface area contributed by atoms with Crippen LogP contribution in [0.1, 0.15) is 15.9 Å². The van der Waals surface area contributed by atoms with E-state index in [4.69, 9.17) is 0 Å². The minimum atomic E-state index is -3.73. The van der Waals surface area contributed by atoms with E-state index in [-0.39, 0.29) is 10.8 Å². The van der Waals surface area contributed by atoms with Gasteiger partial charge >= 0.3 is 0 Å². The van der Waals surface area contributed by atoms with Crippen molar-refractivity contribution >= 4 is 39.1 Å². The molecule has 0 aliphatic heterocycles. The molecule has 7 heteroatoms. The minimum absolute atomic E-state index is 0.136. The number of hydrogen-bond acceptors (Lipinski definition) is 4. The highest BCUT2D eigenvalue weighted by Crippen LogP contribution is 2.24. The molecule has 3 rings (SSSR count). The Bertz CT molecular complexity index is 1100. The van der Waals surface area contributed by atoms with Crippen LogP contribution < -0.4 is 10.0 Å². The molecule has 0 spiro atoms. The monoisotopic (exact) mass is 412 g/mol. The van der Waals surface area contributed by atoms with Gasteiger partial charge in [-0.3, -0.25) is 9.52 Å². The van der Waals surface area contributed by atoms with Crippen molar-refractivity contribution in [1.29, 1.82) is 0 Å². The van der Waals surface area contributed by atoms with Gasteiger partial charge in [0, 0.05) is 21.8 Å². The molecule has 0 bridgehead atoms. The first kappa shape index (κ1) is 20.0. The predicted molar refractivity (Wildman–Crippen MR) is 115 cm³/mol. The average molecular weight is 413 g/mol. The predicted octanol–water partition coefficient (Wildman–Crippen LogP) is 4.77. The van der Waals surface area contributed by atoms with Crippen LogP contribution in [0.15, 0.2) is 82.6 Å². The lowest BCUT2D eigenvalue weighted by Crippen LogP contribution is -2.15. The molecule has 5 nitrogen and oxygen atoms in total. The number of benzene rings is 3. The highest BCUT2D eigenvalue weighted by atomic mass is 32.2. The van der Waals surface area contributed by atoms with E-state index in [1.165, 1.54) is 17.8 Å². The Morgan fingerprint density at radius 3 is 2.36 bits per heavy atom. The molecule has 28 heavy (non-hydrogen) atoms. The number of nitrogens with one attached hydrogen (secondary N) is 2. The maximum Gasteiger partial charge on any atom is 0.261 e. The zero-order valence-electron chi connectivity index (χ0n) is 15.5. The van der Waals surface area contributed by atoms with Crippen molar-refractivity contribution in [3.63, 3.8) is 0 Å². The molecule has 0 aliphatic rings. The van der Waals surface area contributed by atoms with Crippen LogP contribution in [0, 0.1) is 6.92 Å². The average Bonchev–Trinajstić information content (AvgIpc) is 2.69. The molecule has 0 saturated carbocycles. The summed E-state index contributed by atoms with van der Waals surface area (Å²) >= 11 is 1.54. The van der Waals surface area contributed by atoms with Crippen molar-refractivity contribution in [2.24, 2.45) is 0 Å². The first-order chi connectivity index (χ1) is 13.4. The third-order valence-electron chi connectivity index (χ3n) is 4.11. The smallest absolute Gasteiger partial charge is 0.261 e. The molecular weight excluding hydrogens is 392 g/mol. The van der Waals surface area contributed by atoms with Gasteiger partial charge in [-0.1, -0.05) is 24.3 Å². The molecular formula is C21H20N2O3S2. The molecule has 0 atom stereocenters. The molecule has 144 valence electrons. The van der Waals surface area contributed by atoms with Gasteiger partial charge in [0.2, 0.25) is 0 Å². The fourth-order valence-corrected chi connectivity index (χ4v) is 4.22. The lowest BCUT2D eigenvalue weighted by molar-refractivity contribution is 0.102. The van der Waals surface area contributed by atoms with Crippen molar-refractivity contribution in [3.8, 4) is 0 Å². The largest absolute Gasteiger partial charge is 0.322 e. The summed E-state index contributed by atoms with van der Waals surface area (Å²) in [6, 6.07) is 20.7. The summed E-state index contributed by atoms with van der Waals surface area (Å²) in [7, 11) is -3.73. The van der Waals surface area contributed by atoms with E-state index in [1.54, 1.807) is 61.5 Å². The summed E-state index contributed by atoms with van der Waals surface area (Å²) in [5, 5.41) is 2.81. The Morgan fingerprint density at radius 1 is 0.929 bits per heavy atom. The molecule has 3 aromatic rings. The van der Waals surface area contributed by atoms with E-state index in [1.807, 2.05) is 18.4 Å². The van der Waals surface area contributed by atoms with Crippen LogP contribution in [0.25, 0.3) is 0 Å². The normalized spacial score (nSPS) is 11.1. The van der Waals surface area contributed by atoms with E-state index >= 15 is 0 Å². The third kappa shape index (κ3) is 4.74. The standard InChI is InChI=1S/C21H20N2O3S2/c1-15-13-19(28(25,26)23-17-9-6-10-18(14-17)27-2)11-12-20(15)22-21(24)16-7-4-3-5-8-16/h3-14,23H,1-2H3,(H,22,24). The van der Waals surface area contributed by atoms with Crippen molar-refractivity contribution in [2.45, 2.75) is 16.7 Å². The van der Waals surface area contributed by atoms with Crippen LogP contribution in [0.3, 0.4) is 0 Å². The summed E-state index contributed by atoms with van der Waals surface area (Å²) in [5.74, 6) is -0.244. The highest BCUT2D eigenvalue weighted by Gasteiger charge is 2.16. The first-order valence-corrected chi connectivity index (χ1v) is 11.2. The van der Waals surface area contributed by atoms with Crippen LogP contribution in [0.5, 0.6) is 0 Å². The lowest BCUT2D eigenvalue weighted by atomic mass is 10.1. The zero-order valence-corrected chi connectivity index (χ0v) is 17.1. The molecule has 0 aromatic heterocycles. The van der Waals surface area contributed by atoms with Gasteiger partial charge in [-0.2, -0.15) is 0 Å². The van der Waals surface area contributed by atoms with Gasteiger partial charge < -0.3 is 5.32 Å². The third-order valence-corrected chi connectivity index (χ3v) is 6.22. The van der Waals surface area contributed by atoms with Crippen LogP contribution in [-0.2, 0) is 10.0 Å². The van der Waals surface area contributed by atoms with Crippen molar-refractivity contribution < 1.29 is 13.2 Å². The second-order valence-electron chi connectivity index (χ2n) is 6.13. The number of aryl methyl sites for hydroxylation is 1. The highest BCUT2D eigenvalue weighted by molar-refractivity contribution is 7.98. The summed E-state index contributed by atoms with van der Waals surface area (Å²) in [6.45, 7) is 1.76. The van der Waals surface area contributed by atoms with Gasteiger partial charge in [-0.15, -0.1) is 11.8 Å². The Kier molecular flexibility index (Phi) is 6.06. The number of sulfonamides is 1. The maximum absolute atomic E-state index is 12.7. The molecule has 0 heterocycles. The molecule has 2 N–H and O–H groups in total.